The molecule has 106 valence electrons. The summed E-state index contributed by atoms with van der Waals surface area (Å²) in [6, 6.07) is 13.4. The van der Waals surface area contributed by atoms with Gasteiger partial charge in [0.25, 0.3) is 0 Å². The van der Waals surface area contributed by atoms with E-state index in [0.717, 1.165) is 11.3 Å². The summed E-state index contributed by atoms with van der Waals surface area (Å²) in [5.41, 5.74) is 3.56. The quantitative estimate of drug-likeness (QED) is 0.904. The molecule has 2 rings (SSSR count). The van der Waals surface area contributed by atoms with Crippen molar-refractivity contribution in [3.63, 3.8) is 0 Å². The summed E-state index contributed by atoms with van der Waals surface area (Å²) in [6.07, 6.45) is 0.0763. The molecule has 0 spiro atoms. The van der Waals surface area contributed by atoms with E-state index in [-0.39, 0.29) is 6.61 Å². The van der Waals surface area contributed by atoms with Crippen LogP contribution in [-0.2, 0) is 6.42 Å². The van der Waals surface area contributed by atoms with Crippen molar-refractivity contribution in [2.24, 2.45) is 0 Å². The van der Waals surface area contributed by atoms with E-state index < -0.39 is 6.10 Å². The minimum absolute atomic E-state index is 0.273. The zero-order valence-corrected chi connectivity index (χ0v) is 12.5. The molecule has 0 bridgehead atoms. The van der Waals surface area contributed by atoms with Crippen LogP contribution in [0.25, 0.3) is 0 Å². The Balaban J connectivity index is 1.90. The molecule has 1 unspecified atom stereocenters. The molecular formula is C17H19ClO2. The van der Waals surface area contributed by atoms with E-state index in [2.05, 4.69) is 32.0 Å². The van der Waals surface area contributed by atoms with E-state index in [1.165, 1.54) is 11.1 Å². The van der Waals surface area contributed by atoms with Crippen molar-refractivity contribution in [3.05, 3.63) is 64.2 Å². The predicted molar refractivity (Wildman–Crippen MR) is 82.6 cm³/mol. The summed E-state index contributed by atoms with van der Waals surface area (Å²) in [5, 5.41) is 10.8. The van der Waals surface area contributed by atoms with Crippen LogP contribution in [0.4, 0.5) is 0 Å². The molecule has 0 saturated carbocycles. The first-order chi connectivity index (χ1) is 9.54. The highest BCUT2D eigenvalue weighted by atomic mass is 35.5. The van der Waals surface area contributed by atoms with Crippen LogP contribution < -0.4 is 4.74 Å². The maximum atomic E-state index is 10.1. The Morgan fingerprint density at radius 2 is 1.80 bits per heavy atom. The molecule has 0 radical (unpaired) electrons. The molecule has 20 heavy (non-hydrogen) atoms. The minimum Gasteiger partial charge on any atom is -0.491 e. The molecule has 0 aliphatic carbocycles. The highest BCUT2D eigenvalue weighted by Gasteiger charge is 2.09. The Labute approximate surface area is 125 Å². The molecule has 1 atom stereocenters. The van der Waals surface area contributed by atoms with Crippen molar-refractivity contribution in [2.75, 3.05) is 6.61 Å². The second-order valence-corrected chi connectivity index (χ2v) is 5.49. The van der Waals surface area contributed by atoms with Crippen molar-refractivity contribution >= 4 is 11.6 Å². The average Bonchev–Trinajstić information content (AvgIpc) is 2.42. The molecule has 0 saturated heterocycles. The molecule has 0 aliphatic rings. The molecule has 0 aliphatic heterocycles. The fourth-order valence-electron chi connectivity index (χ4n) is 2.06. The Morgan fingerprint density at radius 3 is 2.50 bits per heavy atom. The summed E-state index contributed by atoms with van der Waals surface area (Å²) in [6.45, 7) is 4.39. The molecule has 0 heterocycles. The number of aliphatic hydroxyl groups is 1. The van der Waals surface area contributed by atoms with E-state index in [4.69, 9.17) is 16.3 Å². The van der Waals surface area contributed by atoms with Gasteiger partial charge in [-0.05, 0) is 49.2 Å². The highest BCUT2D eigenvalue weighted by Crippen LogP contribution is 2.17. The third-order valence-corrected chi connectivity index (χ3v) is 3.47. The lowest BCUT2D eigenvalue weighted by atomic mass is 10.0. The standard InChI is InChI=1S/C17H19ClO2/c1-12-3-4-13(2)14(9-12)10-16(19)11-20-17-7-5-15(18)6-8-17/h3-9,16,19H,10-11H2,1-2H3. The van der Waals surface area contributed by atoms with Gasteiger partial charge in [0.05, 0.1) is 6.10 Å². The number of hydrogen-bond donors (Lipinski definition) is 1. The van der Waals surface area contributed by atoms with Gasteiger partial charge in [0.2, 0.25) is 0 Å². The molecule has 2 aromatic carbocycles. The number of halogens is 1. The van der Waals surface area contributed by atoms with Gasteiger partial charge in [0.1, 0.15) is 12.4 Å². The largest absolute Gasteiger partial charge is 0.491 e. The predicted octanol–water partition coefficient (Wildman–Crippen LogP) is 3.94. The van der Waals surface area contributed by atoms with E-state index in [0.29, 0.717) is 11.4 Å². The number of ether oxygens (including phenoxy) is 1. The first-order valence-electron chi connectivity index (χ1n) is 6.67. The molecule has 0 fully saturated rings. The molecule has 2 nitrogen and oxygen atoms in total. The first-order valence-corrected chi connectivity index (χ1v) is 7.05. The van der Waals surface area contributed by atoms with Gasteiger partial charge in [-0.1, -0.05) is 35.4 Å². The first kappa shape index (κ1) is 14.9. The van der Waals surface area contributed by atoms with E-state index in [1.807, 2.05) is 0 Å². The normalized spacial score (nSPS) is 12.2. The molecule has 3 heteroatoms. The van der Waals surface area contributed by atoms with Gasteiger partial charge in [-0.3, -0.25) is 0 Å². The topological polar surface area (TPSA) is 29.5 Å². The number of rotatable bonds is 5. The van der Waals surface area contributed by atoms with Crippen molar-refractivity contribution in [1.29, 1.82) is 0 Å². The maximum absolute atomic E-state index is 10.1. The molecule has 0 aromatic heterocycles. The van der Waals surface area contributed by atoms with Crippen LogP contribution in [0.3, 0.4) is 0 Å². The lowest BCUT2D eigenvalue weighted by Crippen LogP contribution is -2.20. The van der Waals surface area contributed by atoms with Gasteiger partial charge in [-0.2, -0.15) is 0 Å². The summed E-state index contributed by atoms with van der Waals surface area (Å²) in [7, 11) is 0. The zero-order valence-electron chi connectivity index (χ0n) is 11.8. The molecule has 2 aromatic rings. The number of aryl methyl sites for hydroxylation is 2. The Kier molecular flexibility index (Phi) is 5.05. The fraction of sp³-hybridized carbons (Fsp3) is 0.294. The van der Waals surface area contributed by atoms with E-state index in [9.17, 15) is 5.11 Å². The van der Waals surface area contributed by atoms with E-state index in [1.54, 1.807) is 24.3 Å². The van der Waals surface area contributed by atoms with Gasteiger partial charge >= 0.3 is 0 Å². The Bertz CT molecular complexity index is 564. The summed E-state index contributed by atoms with van der Waals surface area (Å²) < 4.78 is 5.56. The van der Waals surface area contributed by atoms with Crippen LogP contribution in [0.2, 0.25) is 5.02 Å². The van der Waals surface area contributed by atoms with Gasteiger partial charge in [0.15, 0.2) is 0 Å². The van der Waals surface area contributed by atoms with Crippen molar-refractivity contribution in [2.45, 2.75) is 26.4 Å². The lowest BCUT2D eigenvalue weighted by Gasteiger charge is -2.14. The summed E-state index contributed by atoms with van der Waals surface area (Å²) >= 11 is 5.81. The highest BCUT2D eigenvalue weighted by molar-refractivity contribution is 6.30. The van der Waals surface area contributed by atoms with E-state index >= 15 is 0 Å². The molecule has 1 N–H and O–H groups in total. The second kappa shape index (κ2) is 6.78. The third kappa shape index (κ3) is 4.26. The van der Waals surface area contributed by atoms with Crippen molar-refractivity contribution in [3.8, 4) is 5.75 Å². The number of hydrogen-bond acceptors (Lipinski definition) is 2. The third-order valence-electron chi connectivity index (χ3n) is 3.22. The SMILES string of the molecule is Cc1ccc(C)c(CC(O)COc2ccc(Cl)cc2)c1. The molecular weight excluding hydrogens is 272 g/mol. The molecule has 0 amide bonds. The van der Waals surface area contributed by atoms with Crippen LogP contribution in [0.1, 0.15) is 16.7 Å². The van der Waals surface area contributed by atoms with Gasteiger partial charge in [-0.15, -0.1) is 0 Å². The van der Waals surface area contributed by atoms with Gasteiger partial charge < -0.3 is 9.84 Å². The number of aliphatic hydroxyl groups excluding tert-OH is 1. The van der Waals surface area contributed by atoms with Crippen molar-refractivity contribution < 1.29 is 9.84 Å². The van der Waals surface area contributed by atoms with Crippen LogP contribution in [0, 0.1) is 13.8 Å². The van der Waals surface area contributed by atoms with Crippen LogP contribution in [0.5, 0.6) is 5.75 Å². The van der Waals surface area contributed by atoms with Gasteiger partial charge in [-0.25, -0.2) is 0 Å². The smallest absolute Gasteiger partial charge is 0.119 e. The number of benzene rings is 2. The summed E-state index contributed by atoms with van der Waals surface area (Å²) in [5.74, 6) is 0.717. The average molecular weight is 291 g/mol. The second-order valence-electron chi connectivity index (χ2n) is 5.05. The minimum atomic E-state index is -0.522. The Morgan fingerprint density at radius 1 is 1.10 bits per heavy atom. The Hall–Kier alpha value is -1.51. The van der Waals surface area contributed by atoms with Crippen molar-refractivity contribution in [1.82, 2.24) is 0 Å². The monoisotopic (exact) mass is 290 g/mol. The van der Waals surface area contributed by atoms with Crippen LogP contribution in [0.15, 0.2) is 42.5 Å². The van der Waals surface area contributed by atoms with Crippen LogP contribution >= 0.6 is 11.6 Å². The van der Waals surface area contributed by atoms with Gasteiger partial charge in [0, 0.05) is 11.4 Å². The lowest BCUT2D eigenvalue weighted by molar-refractivity contribution is 0.107. The zero-order chi connectivity index (χ0) is 14.5. The van der Waals surface area contributed by atoms with Crippen LogP contribution in [-0.4, -0.2) is 17.8 Å². The maximum Gasteiger partial charge on any atom is 0.119 e. The fourth-order valence-corrected chi connectivity index (χ4v) is 2.18. The summed E-state index contributed by atoms with van der Waals surface area (Å²) in [4.78, 5) is 0.